The highest BCUT2D eigenvalue weighted by molar-refractivity contribution is 7.22. The molecule has 1 saturated carbocycles. The zero-order valence-electron chi connectivity index (χ0n) is 12.8. The van der Waals surface area contributed by atoms with Gasteiger partial charge in [-0.15, -0.1) is 8.86 Å². The van der Waals surface area contributed by atoms with Crippen molar-refractivity contribution in [2.24, 2.45) is 5.92 Å². The molecule has 1 fully saturated rings. The van der Waals surface area contributed by atoms with E-state index in [1.165, 1.54) is 47.7 Å². The lowest BCUT2D eigenvalue weighted by molar-refractivity contribution is 0.761. The van der Waals surface area contributed by atoms with Crippen molar-refractivity contribution in [1.29, 1.82) is 0 Å². The van der Waals surface area contributed by atoms with Gasteiger partial charge in [0.2, 0.25) is 0 Å². The largest absolute Gasteiger partial charge is 0.118 e. The van der Waals surface area contributed by atoms with Gasteiger partial charge in [0.15, 0.2) is 0 Å². The van der Waals surface area contributed by atoms with Crippen molar-refractivity contribution < 1.29 is 0 Å². The van der Waals surface area contributed by atoms with Gasteiger partial charge in [-0.25, -0.2) is 0 Å². The first-order chi connectivity index (χ1) is 8.99. The van der Waals surface area contributed by atoms with E-state index in [2.05, 4.69) is 54.8 Å². The van der Waals surface area contributed by atoms with Gasteiger partial charge in [-0.1, -0.05) is 58.7 Å². The second-order valence-electron chi connectivity index (χ2n) is 6.61. The Balaban J connectivity index is 2.16. The maximum atomic E-state index is 3.86. The zero-order chi connectivity index (χ0) is 14.0. The molecule has 0 saturated heterocycles. The van der Waals surface area contributed by atoms with Crippen molar-refractivity contribution in [1.82, 2.24) is 0 Å². The highest BCUT2D eigenvalue weighted by Gasteiger charge is 2.21. The summed E-state index contributed by atoms with van der Waals surface area (Å²) in [6.45, 7) is 9.16. The molecule has 0 aromatic heterocycles. The summed E-state index contributed by atoms with van der Waals surface area (Å²) in [6.07, 6.45) is 5.44. The van der Waals surface area contributed by atoms with E-state index in [1.807, 2.05) is 0 Å². The summed E-state index contributed by atoms with van der Waals surface area (Å²) < 4.78 is 0. The van der Waals surface area contributed by atoms with Crippen LogP contribution in [-0.2, 0) is 0 Å². The summed E-state index contributed by atoms with van der Waals surface area (Å²) in [5, 5.41) is 1.38. The smallest absolute Gasteiger partial charge is 0.0181 e. The molecule has 1 aromatic carbocycles. The molecule has 0 spiro atoms. The Kier molecular flexibility index (Phi) is 4.85. The minimum absolute atomic E-state index is 0.597. The Morgan fingerprint density at radius 3 is 2.26 bits per heavy atom. The molecule has 0 nitrogen and oxygen atoms in total. The van der Waals surface area contributed by atoms with Gasteiger partial charge in [-0.3, -0.25) is 0 Å². The molecule has 104 valence electrons. The minimum Gasteiger partial charge on any atom is -0.118 e. The lowest BCUT2D eigenvalue weighted by atomic mass is 9.88. The lowest BCUT2D eigenvalue weighted by Gasteiger charge is -2.18. The molecule has 0 aliphatic heterocycles. The molecule has 2 rings (SSSR count). The molecule has 1 aromatic rings. The van der Waals surface area contributed by atoms with Gasteiger partial charge in [-0.05, 0) is 52.6 Å². The monoisotopic (exact) mass is 274 g/mol. The van der Waals surface area contributed by atoms with E-state index in [4.69, 9.17) is 0 Å². The summed E-state index contributed by atoms with van der Waals surface area (Å²) in [6, 6.07) is 7.01. The highest BCUT2D eigenvalue weighted by atomic mass is 31.0. The van der Waals surface area contributed by atoms with Crippen molar-refractivity contribution in [3.8, 4) is 0 Å². The van der Waals surface area contributed by atoms with Crippen LogP contribution >= 0.6 is 8.86 Å². The minimum atomic E-state index is 0.597. The van der Waals surface area contributed by atoms with Crippen LogP contribution in [0.25, 0.3) is 0 Å². The Morgan fingerprint density at radius 2 is 1.74 bits per heavy atom. The van der Waals surface area contributed by atoms with Gasteiger partial charge in [0.1, 0.15) is 0 Å². The molecule has 19 heavy (non-hydrogen) atoms. The third kappa shape index (κ3) is 3.93. The van der Waals surface area contributed by atoms with Gasteiger partial charge in [0, 0.05) is 0 Å². The quantitative estimate of drug-likeness (QED) is 0.576. The molecule has 1 aliphatic rings. The summed E-state index contributed by atoms with van der Waals surface area (Å²) in [7, 11) is 3.86. The lowest BCUT2D eigenvalue weighted by Crippen LogP contribution is -2.04. The first kappa shape index (κ1) is 14.8. The molecule has 0 amide bonds. The van der Waals surface area contributed by atoms with Crippen molar-refractivity contribution in [2.75, 3.05) is 0 Å². The van der Waals surface area contributed by atoms with Crippen LogP contribution in [0.15, 0.2) is 18.2 Å². The number of hydrogen-bond donors (Lipinski definition) is 0. The standard InChI is InChI=1S/C18H27P/c1-12(2)16-9-8-15(11-17(16)13(3)4)18(19)10-7-14-5-6-14/h8-9,11-14,19H,5-7,10H2,1-4H3. The second-order valence-corrected chi connectivity index (χ2v) is 7.22. The normalized spacial score (nSPS) is 15.3. The van der Waals surface area contributed by atoms with Crippen LogP contribution in [0.5, 0.6) is 0 Å². The van der Waals surface area contributed by atoms with Gasteiger partial charge in [0.05, 0.1) is 0 Å². The molecule has 0 atom stereocenters. The van der Waals surface area contributed by atoms with Gasteiger partial charge in [-0.2, -0.15) is 0 Å². The highest BCUT2D eigenvalue weighted by Crippen LogP contribution is 2.34. The Labute approximate surface area is 120 Å². The molecule has 1 heteroatoms. The van der Waals surface area contributed by atoms with E-state index in [0.717, 1.165) is 5.92 Å². The topological polar surface area (TPSA) is 0 Å². The first-order valence-corrected chi connectivity index (χ1v) is 8.20. The summed E-state index contributed by atoms with van der Waals surface area (Å²) >= 11 is 0. The van der Waals surface area contributed by atoms with Crippen LogP contribution in [0.3, 0.4) is 0 Å². The van der Waals surface area contributed by atoms with E-state index >= 15 is 0 Å². The molecule has 0 radical (unpaired) electrons. The Bertz CT molecular complexity index is 453. The van der Waals surface area contributed by atoms with Crippen LogP contribution in [0.1, 0.15) is 81.9 Å². The number of benzene rings is 1. The molecular weight excluding hydrogens is 247 g/mol. The van der Waals surface area contributed by atoms with Crippen molar-refractivity contribution in [3.63, 3.8) is 0 Å². The first-order valence-electron chi connectivity index (χ1n) is 7.70. The van der Waals surface area contributed by atoms with E-state index in [-0.39, 0.29) is 0 Å². The molecule has 0 heterocycles. The van der Waals surface area contributed by atoms with Crippen molar-refractivity contribution >= 4 is 14.2 Å². The fraction of sp³-hybridized carbons (Fsp3) is 0.611. The molecule has 1 aliphatic carbocycles. The number of hydrogen-bond acceptors (Lipinski definition) is 0. The fourth-order valence-corrected chi connectivity index (χ4v) is 2.99. The molecular formula is C18H27P. The predicted octanol–water partition coefficient (Wildman–Crippen LogP) is 5.79. The van der Waals surface area contributed by atoms with Crippen LogP contribution < -0.4 is 0 Å². The third-order valence-electron chi connectivity index (χ3n) is 4.18. The SMILES string of the molecule is CC(C)c1ccc(C(=P)CCC2CC2)cc1C(C)C. The third-order valence-corrected chi connectivity index (χ3v) is 4.72. The molecule has 0 unspecified atom stereocenters. The van der Waals surface area contributed by atoms with Gasteiger partial charge < -0.3 is 0 Å². The number of rotatable bonds is 6. The van der Waals surface area contributed by atoms with Crippen molar-refractivity contribution in [2.45, 2.75) is 65.2 Å². The van der Waals surface area contributed by atoms with E-state index in [0.29, 0.717) is 11.8 Å². The fourth-order valence-electron chi connectivity index (χ4n) is 2.69. The second kappa shape index (κ2) is 6.23. The summed E-state index contributed by atoms with van der Waals surface area (Å²) in [5.74, 6) is 2.21. The average Bonchev–Trinajstić information content (AvgIpc) is 3.19. The maximum absolute atomic E-state index is 3.86. The van der Waals surface area contributed by atoms with E-state index in [9.17, 15) is 0 Å². The molecule has 0 N–H and O–H groups in total. The summed E-state index contributed by atoms with van der Waals surface area (Å²) in [5.41, 5.74) is 4.39. The maximum Gasteiger partial charge on any atom is -0.0181 e. The predicted molar refractivity (Wildman–Crippen MR) is 89.0 cm³/mol. The van der Waals surface area contributed by atoms with Gasteiger partial charge in [0.25, 0.3) is 0 Å². The molecule has 0 bridgehead atoms. The summed E-state index contributed by atoms with van der Waals surface area (Å²) in [4.78, 5) is 0. The van der Waals surface area contributed by atoms with Gasteiger partial charge >= 0.3 is 0 Å². The van der Waals surface area contributed by atoms with E-state index in [1.54, 1.807) is 0 Å². The van der Waals surface area contributed by atoms with Crippen molar-refractivity contribution in [3.05, 3.63) is 34.9 Å². The average molecular weight is 274 g/mol. The van der Waals surface area contributed by atoms with Crippen LogP contribution in [0.4, 0.5) is 0 Å². The Hall–Kier alpha value is -0.610. The van der Waals surface area contributed by atoms with E-state index < -0.39 is 0 Å². The van der Waals surface area contributed by atoms with Crippen LogP contribution in [0, 0.1) is 5.92 Å². The zero-order valence-corrected chi connectivity index (χ0v) is 13.8. The van der Waals surface area contributed by atoms with Crippen LogP contribution in [0.2, 0.25) is 0 Å². The Morgan fingerprint density at radius 1 is 1.11 bits per heavy atom. The van der Waals surface area contributed by atoms with Crippen LogP contribution in [-0.4, -0.2) is 5.29 Å².